The van der Waals surface area contributed by atoms with Gasteiger partial charge in [0.05, 0.1) is 12.6 Å². The van der Waals surface area contributed by atoms with Crippen molar-refractivity contribution in [1.29, 1.82) is 0 Å². The molecule has 206 valence electrons. The molecule has 2 aliphatic heterocycles. The number of aromatic amines is 1. The Balaban J connectivity index is 1.20. The summed E-state index contributed by atoms with van der Waals surface area (Å²) in [6, 6.07) is 0.402. The Morgan fingerprint density at radius 1 is 0.949 bits per heavy atom. The van der Waals surface area contributed by atoms with Gasteiger partial charge >= 0.3 is 6.18 Å². The topological polar surface area (TPSA) is 34.3 Å². The quantitative estimate of drug-likeness (QED) is 0.574. The molecule has 0 aromatic carbocycles. The second-order valence-corrected chi connectivity index (χ2v) is 11.4. The lowest BCUT2D eigenvalue weighted by molar-refractivity contribution is -0.149. The molecule has 7 heteroatoms. The number of nitrogens with one attached hydrogen (secondary N) is 2. The molecule has 6 rings (SSSR count). The van der Waals surface area contributed by atoms with Gasteiger partial charge in [-0.15, -0.1) is 0 Å². The van der Waals surface area contributed by atoms with Gasteiger partial charge in [0.25, 0.3) is 0 Å². The number of hydrogen-bond donors (Lipinski definition) is 2. The molecule has 1 fully saturated rings. The van der Waals surface area contributed by atoms with Crippen molar-refractivity contribution >= 4 is 17.2 Å². The number of H-pyrrole nitrogens is 1. The van der Waals surface area contributed by atoms with E-state index in [0.29, 0.717) is 32.2 Å². The van der Waals surface area contributed by atoms with E-state index in [1.165, 1.54) is 54.5 Å². The summed E-state index contributed by atoms with van der Waals surface area (Å²) in [7, 11) is 0. The maximum Gasteiger partial charge on any atom is 0.401 e. The van der Waals surface area contributed by atoms with Crippen LogP contribution >= 0.6 is 0 Å². The second kappa shape index (κ2) is 10.9. The van der Waals surface area contributed by atoms with Crippen LogP contribution < -0.4 is 15.9 Å². The minimum Gasteiger partial charge on any atom is -0.384 e. The Bertz CT molecular complexity index is 1420. The highest BCUT2D eigenvalue weighted by molar-refractivity contribution is 5.79. The lowest BCUT2D eigenvalue weighted by Crippen LogP contribution is -2.49. The Morgan fingerprint density at radius 2 is 1.77 bits per heavy atom. The Morgan fingerprint density at radius 3 is 2.54 bits per heavy atom. The van der Waals surface area contributed by atoms with E-state index in [-0.39, 0.29) is 0 Å². The highest BCUT2D eigenvalue weighted by Crippen LogP contribution is 2.29. The van der Waals surface area contributed by atoms with E-state index in [1.807, 2.05) is 6.20 Å². The number of piperazine rings is 1. The number of aromatic nitrogens is 1. The van der Waals surface area contributed by atoms with Gasteiger partial charge in [-0.3, -0.25) is 9.80 Å². The van der Waals surface area contributed by atoms with Crippen LogP contribution in [0.15, 0.2) is 71.1 Å². The molecule has 0 radical (unpaired) electrons. The first kappa shape index (κ1) is 26.2. The summed E-state index contributed by atoms with van der Waals surface area (Å²) in [5.74, 6) is 0. The Kier molecular flexibility index (Phi) is 7.29. The summed E-state index contributed by atoms with van der Waals surface area (Å²) in [4.78, 5) is 7.40. The summed E-state index contributed by atoms with van der Waals surface area (Å²) < 4.78 is 38.1. The van der Waals surface area contributed by atoms with Gasteiger partial charge in [-0.2, -0.15) is 13.2 Å². The molecule has 2 N–H and O–H groups in total. The first-order valence-corrected chi connectivity index (χ1v) is 14.2. The summed E-state index contributed by atoms with van der Waals surface area (Å²) in [6.45, 7) is 4.62. The molecule has 39 heavy (non-hydrogen) atoms. The highest BCUT2D eigenvalue weighted by atomic mass is 19.4. The van der Waals surface area contributed by atoms with Gasteiger partial charge in [-0.25, -0.2) is 0 Å². The molecule has 1 aromatic heterocycles. The van der Waals surface area contributed by atoms with Crippen LogP contribution in [-0.4, -0.2) is 66.3 Å². The molecule has 1 atom stereocenters. The molecule has 3 aliphatic carbocycles. The molecule has 0 amide bonds. The van der Waals surface area contributed by atoms with Crippen LogP contribution in [0.2, 0.25) is 0 Å². The van der Waals surface area contributed by atoms with Gasteiger partial charge in [-0.1, -0.05) is 29.9 Å². The summed E-state index contributed by atoms with van der Waals surface area (Å²) in [5.41, 5.74) is 9.33. The standard InChI is InChI=1S/C32H37F3N4/c1-22-3-2-4-25(18-28-29(19-37-31(22)28)26-9-10-30-27(17-26)11-12-36-30)24-7-5-23(6-8-24)20-38-13-15-39(16-14-38)21-32(33,34)35/h4-5,7,9,11-12,17-19,30,36-37H,2-3,6,8,10,13-16,20-21H2,1H3/b25-4+,28-18-,31-22-. The van der Waals surface area contributed by atoms with Crippen molar-refractivity contribution in [3.8, 4) is 0 Å². The van der Waals surface area contributed by atoms with Gasteiger partial charge in [0, 0.05) is 55.1 Å². The van der Waals surface area contributed by atoms with Crippen molar-refractivity contribution in [2.45, 2.75) is 51.2 Å². The molecule has 3 heterocycles. The van der Waals surface area contributed by atoms with Crippen LogP contribution in [-0.2, 0) is 0 Å². The van der Waals surface area contributed by atoms with E-state index >= 15 is 0 Å². The third-order valence-corrected chi connectivity index (χ3v) is 8.61. The smallest absolute Gasteiger partial charge is 0.384 e. The van der Waals surface area contributed by atoms with E-state index in [0.717, 1.165) is 38.6 Å². The summed E-state index contributed by atoms with van der Waals surface area (Å²) >= 11 is 0. The number of fused-ring (bicyclic) bond motifs is 2. The monoisotopic (exact) mass is 534 g/mol. The number of nitrogens with zero attached hydrogens (tertiary/aromatic N) is 2. The zero-order valence-electron chi connectivity index (χ0n) is 22.6. The third-order valence-electron chi connectivity index (χ3n) is 8.61. The van der Waals surface area contributed by atoms with Gasteiger partial charge in [0.15, 0.2) is 0 Å². The zero-order valence-corrected chi connectivity index (χ0v) is 22.6. The number of hydrogen-bond acceptors (Lipinski definition) is 3. The first-order chi connectivity index (χ1) is 18.8. The van der Waals surface area contributed by atoms with Gasteiger partial charge in [0.1, 0.15) is 0 Å². The van der Waals surface area contributed by atoms with Gasteiger partial charge < -0.3 is 10.3 Å². The molecular weight excluding hydrogens is 497 g/mol. The first-order valence-electron chi connectivity index (χ1n) is 14.2. The molecule has 0 spiro atoms. The molecule has 0 bridgehead atoms. The fourth-order valence-electron chi connectivity index (χ4n) is 6.38. The number of allylic oxidation sites excluding steroid dienone is 7. The molecule has 1 saturated heterocycles. The molecular formula is C32H37F3N4. The predicted molar refractivity (Wildman–Crippen MR) is 152 cm³/mol. The minimum absolute atomic E-state index is 0.402. The van der Waals surface area contributed by atoms with E-state index < -0.39 is 12.7 Å². The maximum absolute atomic E-state index is 12.7. The predicted octanol–water partition coefficient (Wildman–Crippen LogP) is 4.71. The van der Waals surface area contributed by atoms with Crippen molar-refractivity contribution < 1.29 is 13.2 Å². The summed E-state index contributed by atoms with van der Waals surface area (Å²) in [6.07, 6.45) is 21.3. The van der Waals surface area contributed by atoms with Crippen LogP contribution in [0, 0.1) is 0 Å². The lowest BCUT2D eigenvalue weighted by atomic mass is 9.89. The van der Waals surface area contributed by atoms with Crippen molar-refractivity contribution in [2.75, 3.05) is 39.3 Å². The van der Waals surface area contributed by atoms with Crippen molar-refractivity contribution in [1.82, 2.24) is 20.1 Å². The van der Waals surface area contributed by atoms with E-state index in [9.17, 15) is 13.2 Å². The SMILES string of the molecule is C/C1=c2/[nH]cc(C3=CCC4NC=CC4=C3)/c2=C/C(C2=CC=C(CN3CCN(CC(F)(F)F)CC3)CC2)=C\CC1. The van der Waals surface area contributed by atoms with Crippen LogP contribution in [0.5, 0.6) is 0 Å². The largest absolute Gasteiger partial charge is 0.401 e. The zero-order chi connectivity index (χ0) is 27.0. The van der Waals surface area contributed by atoms with E-state index in [1.54, 1.807) is 0 Å². The van der Waals surface area contributed by atoms with Gasteiger partial charge in [0.2, 0.25) is 0 Å². The average molecular weight is 535 g/mol. The average Bonchev–Trinajstić information content (AvgIpc) is 3.54. The molecule has 5 aliphatic rings. The third kappa shape index (κ3) is 5.94. The number of alkyl halides is 3. The van der Waals surface area contributed by atoms with E-state index in [4.69, 9.17) is 0 Å². The van der Waals surface area contributed by atoms with E-state index in [2.05, 4.69) is 70.9 Å². The molecule has 1 aromatic rings. The molecule has 4 nitrogen and oxygen atoms in total. The summed E-state index contributed by atoms with van der Waals surface area (Å²) in [5, 5.41) is 5.94. The van der Waals surface area contributed by atoms with Crippen molar-refractivity contribution in [3.05, 3.63) is 87.3 Å². The van der Waals surface area contributed by atoms with Crippen LogP contribution in [0.4, 0.5) is 13.2 Å². The molecule has 1 unspecified atom stereocenters. The normalized spacial score (nSPS) is 27.8. The maximum atomic E-state index is 12.7. The van der Waals surface area contributed by atoms with Crippen LogP contribution in [0.25, 0.3) is 17.2 Å². The fraction of sp³-hybridized carbons (Fsp3) is 0.438. The van der Waals surface area contributed by atoms with Gasteiger partial charge in [-0.05, 0) is 91.3 Å². The minimum atomic E-state index is -4.12. The second-order valence-electron chi connectivity index (χ2n) is 11.4. The van der Waals surface area contributed by atoms with Crippen LogP contribution in [0.1, 0.15) is 44.6 Å². The van der Waals surface area contributed by atoms with Crippen molar-refractivity contribution in [3.63, 3.8) is 0 Å². The fourth-order valence-corrected chi connectivity index (χ4v) is 6.38. The number of halogens is 3. The van der Waals surface area contributed by atoms with Crippen LogP contribution in [0.3, 0.4) is 0 Å². The number of rotatable bonds is 5. The van der Waals surface area contributed by atoms with Crippen molar-refractivity contribution in [2.24, 2.45) is 0 Å². The lowest BCUT2D eigenvalue weighted by Gasteiger charge is -2.35. The Labute approximate surface area is 228 Å². The highest BCUT2D eigenvalue weighted by Gasteiger charge is 2.32. The molecule has 0 saturated carbocycles. The Hall–Kier alpha value is -3.03.